The van der Waals surface area contributed by atoms with Gasteiger partial charge in [0.1, 0.15) is 5.92 Å². The van der Waals surface area contributed by atoms with Gasteiger partial charge in [-0.2, -0.15) is 5.26 Å². The summed E-state index contributed by atoms with van der Waals surface area (Å²) in [4.78, 5) is 26.0. The molecule has 5 aliphatic rings. The van der Waals surface area contributed by atoms with Crippen LogP contribution in [0, 0.1) is 67.5 Å². The summed E-state index contributed by atoms with van der Waals surface area (Å²) >= 11 is 0. The lowest BCUT2D eigenvalue weighted by Crippen LogP contribution is -2.65. The number of carbonyl (C=O) groups is 2. The van der Waals surface area contributed by atoms with Crippen molar-refractivity contribution in [2.45, 2.75) is 106 Å². The maximum Gasteiger partial charge on any atom is 0.310 e. The predicted octanol–water partition coefficient (Wildman–Crippen LogP) is 7.19. The van der Waals surface area contributed by atoms with Gasteiger partial charge in [0.25, 0.3) is 0 Å². The van der Waals surface area contributed by atoms with Gasteiger partial charge < -0.3 is 5.11 Å². The highest BCUT2D eigenvalue weighted by Gasteiger charge is 2.70. The first-order valence-corrected chi connectivity index (χ1v) is 14.0. The van der Waals surface area contributed by atoms with Crippen LogP contribution in [-0.2, 0) is 9.59 Å². The van der Waals surface area contributed by atoms with Gasteiger partial charge in [-0.25, -0.2) is 0 Å². The van der Waals surface area contributed by atoms with Crippen molar-refractivity contribution in [2.24, 2.45) is 56.2 Å². The fourth-order valence-corrected chi connectivity index (χ4v) is 10.7. The number of nitriles is 1. The summed E-state index contributed by atoms with van der Waals surface area (Å²) in [6, 6.07) is 2.37. The predicted molar refractivity (Wildman–Crippen MR) is 136 cm³/mol. The van der Waals surface area contributed by atoms with Gasteiger partial charge in [-0.3, -0.25) is 9.59 Å². The van der Waals surface area contributed by atoms with Crippen LogP contribution in [0.2, 0.25) is 0 Å². The molecule has 192 valence electrons. The third-order valence-corrected chi connectivity index (χ3v) is 13.0. The maximum absolute atomic E-state index is 13.2. The third-order valence-electron chi connectivity index (χ3n) is 13.0. The number of Topliss-reactive ketones (excluding diaryl/α,β-unsaturated/α-hetero) is 1. The molecule has 0 aliphatic heterocycles. The zero-order chi connectivity index (χ0) is 25.8. The molecular weight excluding hydrogens is 434 g/mol. The van der Waals surface area contributed by atoms with Crippen molar-refractivity contribution in [3.63, 3.8) is 0 Å². The van der Waals surface area contributed by atoms with Crippen molar-refractivity contribution in [1.29, 1.82) is 5.26 Å². The molecule has 0 aromatic rings. The van der Waals surface area contributed by atoms with E-state index in [4.69, 9.17) is 0 Å². The van der Waals surface area contributed by atoms with Crippen molar-refractivity contribution in [2.75, 3.05) is 0 Å². The van der Waals surface area contributed by atoms with Crippen molar-refractivity contribution in [3.8, 4) is 6.07 Å². The van der Waals surface area contributed by atoms with E-state index in [2.05, 4.69) is 60.6 Å². The zero-order valence-corrected chi connectivity index (χ0v) is 23.0. The van der Waals surface area contributed by atoms with Gasteiger partial charge in [0, 0.05) is 5.41 Å². The summed E-state index contributed by atoms with van der Waals surface area (Å²) in [5, 5.41) is 20.4. The van der Waals surface area contributed by atoms with Crippen LogP contribution in [0.3, 0.4) is 0 Å². The molecule has 0 saturated heterocycles. The number of carboxylic acid groups (broad SMARTS) is 1. The van der Waals surface area contributed by atoms with E-state index in [-0.39, 0.29) is 33.4 Å². The highest BCUT2D eigenvalue weighted by molar-refractivity contribution is 5.89. The molecule has 0 amide bonds. The zero-order valence-electron chi connectivity index (χ0n) is 23.0. The van der Waals surface area contributed by atoms with Gasteiger partial charge in [0.15, 0.2) is 5.78 Å². The summed E-state index contributed by atoms with van der Waals surface area (Å²) in [6.45, 7) is 16.1. The SMILES string of the molecule is CC1(C)CC[C@]2(C(=O)O)CC[C@]3(C)C(=CC[C@@H]4[C@@]5(C)CC(C#N)C(=O)C(C)(C)[C@@H]5CC[C@]43C)C2C1. The van der Waals surface area contributed by atoms with Crippen molar-refractivity contribution >= 4 is 11.8 Å². The summed E-state index contributed by atoms with van der Waals surface area (Å²) < 4.78 is 0. The second kappa shape index (κ2) is 7.23. The van der Waals surface area contributed by atoms with E-state index in [1.54, 1.807) is 0 Å². The van der Waals surface area contributed by atoms with Crippen LogP contribution in [0.1, 0.15) is 106 Å². The standard InChI is InChI=1S/C31H45NO3/c1-26(2)12-14-31(25(34)35)15-13-29(6)20(21(31)17-26)8-9-23-28(5)16-19(18-32)24(33)27(3,4)22(28)10-11-30(23,29)7/h8,19,21-23H,9-17H2,1-7H3,(H,34,35)/t19?,21?,22-,23+,28-,29+,30+,31-/m0/s1. The summed E-state index contributed by atoms with van der Waals surface area (Å²) in [5.74, 6) is -0.163. The monoisotopic (exact) mass is 479 g/mol. The minimum absolute atomic E-state index is 0.0331. The summed E-state index contributed by atoms with van der Waals surface area (Å²) in [5.41, 5.74) is 0.456. The molecule has 0 radical (unpaired) electrons. The number of aliphatic carboxylic acids is 1. The molecule has 35 heavy (non-hydrogen) atoms. The Morgan fingerprint density at radius 3 is 2.26 bits per heavy atom. The van der Waals surface area contributed by atoms with Crippen LogP contribution in [-0.4, -0.2) is 16.9 Å². The third kappa shape index (κ3) is 2.96. The van der Waals surface area contributed by atoms with Gasteiger partial charge in [0.05, 0.1) is 11.5 Å². The molecular formula is C31H45NO3. The topological polar surface area (TPSA) is 78.2 Å². The van der Waals surface area contributed by atoms with E-state index < -0.39 is 22.7 Å². The number of fused-ring (bicyclic) bond motifs is 7. The first-order chi connectivity index (χ1) is 16.1. The number of carboxylic acids is 1. The second-order valence-electron chi connectivity index (χ2n) is 15.1. The van der Waals surface area contributed by atoms with Crippen molar-refractivity contribution in [1.82, 2.24) is 0 Å². The molecule has 4 nitrogen and oxygen atoms in total. The molecule has 2 unspecified atom stereocenters. The van der Waals surface area contributed by atoms with Crippen LogP contribution in [0.15, 0.2) is 11.6 Å². The number of rotatable bonds is 1. The molecule has 0 aromatic carbocycles. The Bertz CT molecular complexity index is 1050. The number of allylic oxidation sites excluding steroid dienone is 2. The Morgan fingerprint density at radius 2 is 1.63 bits per heavy atom. The van der Waals surface area contributed by atoms with E-state index in [1.807, 2.05) is 0 Å². The molecule has 4 fully saturated rings. The average molecular weight is 480 g/mol. The molecule has 0 aromatic heterocycles. The molecule has 4 saturated carbocycles. The number of nitrogens with zero attached hydrogens (tertiary/aromatic N) is 1. The molecule has 4 heteroatoms. The van der Waals surface area contributed by atoms with Crippen LogP contribution in [0.25, 0.3) is 0 Å². The van der Waals surface area contributed by atoms with Crippen LogP contribution in [0.5, 0.6) is 0 Å². The minimum atomic E-state index is -0.615. The Hall–Kier alpha value is -1.63. The average Bonchev–Trinajstić information content (AvgIpc) is 2.76. The highest BCUT2D eigenvalue weighted by Crippen LogP contribution is 2.75. The number of ketones is 1. The number of hydrogen-bond acceptors (Lipinski definition) is 3. The van der Waals surface area contributed by atoms with Crippen LogP contribution < -0.4 is 0 Å². The second-order valence-corrected chi connectivity index (χ2v) is 15.1. The summed E-state index contributed by atoms with van der Waals surface area (Å²) in [6.07, 6.45) is 10.6. The summed E-state index contributed by atoms with van der Waals surface area (Å²) in [7, 11) is 0. The van der Waals surface area contributed by atoms with Gasteiger partial charge in [-0.15, -0.1) is 0 Å². The van der Waals surface area contributed by atoms with E-state index in [0.29, 0.717) is 18.3 Å². The lowest BCUT2D eigenvalue weighted by Gasteiger charge is -2.70. The van der Waals surface area contributed by atoms with E-state index in [0.717, 1.165) is 51.4 Å². The molecule has 0 heterocycles. The van der Waals surface area contributed by atoms with Gasteiger partial charge in [-0.05, 0) is 97.2 Å². The van der Waals surface area contributed by atoms with Crippen molar-refractivity contribution in [3.05, 3.63) is 11.6 Å². The maximum atomic E-state index is 13.2. The first-order valence-electron chi connectivity index (χ1n) is 14.0. The highest BCUT2D eigenvalue weighted by atomic mass is 16.4. The number of hydrogen-bond donors (Lipinski definition) is 1. The molecule has 0 spiro atoms. The van der Waals surface area contributed by atoms with E-state index in [1.165, 1.54) is 5.57 Å². The first kappa shape index (κ1) is 25.0. The quantitative estimate of drug-likeness (QED) is 0.404. The Kier molecular flexibility index (Phi) is 5.17. The fourth-order valence-electron chi connectivity index (χ4n) is 10.7. The van der Waals surface area contributed by atoms with Crippen LogP contribution >= 0.6 is 0 Å². The molecule has 5 aliphatic carbocycles. The molecule has 1 N–H and O–H groups in total. The Balaban J connectivity index is 1.62. The van der Waals surface area contributed by atoms with Gasteiger partial charge in [-0.1, -0.05) is 60.1 Å². The minimum Gasteiger partial charge on any atom is -0.481 e. The van der Waals surface area contributed by atoms with Gasteiger partial charge >= 0.3 is 5.97 Å². The molecule has 0 bridgehead atoms. The van der Waals surface area contributed by atoms with Crippen molar-refractivity contribution < 1.29 is 14.7 Å². The lowest BCUT2D eigenvalue weighted by molar-refractivity contribution is -0.192. The lowest BCUT2D eigenvalue weighted by atomic mass is 9.33. The van der Waals surface area contributed by atoms with Crippen LogP contribution in [0.4, 0.5) is 0 Å². The van der Waals surface area contributed by atoms with E-state index in [9.17, 15) is 20.0 Å². The molecule has 8 atom stereocenters. The smallest absolute Gasteiger partial charge is 0.310 e. The number of carbonyl (C=O) groups excluding carboxylic acids is 1. The normalized spacial score (nSPS) is 49.9. The van der Waals surface area contributed by atoms with Gasteiger partial charge in [0.2, 0.25) is 0 Å². The fraction of sp³-hybridized carbons (Fsp3) is 0.839. The Morgan fingerprint density at radius 1 is 0.971 bits per heavy atom. The Labute approximate surface area is 211 Å². The van der Waals surface area contributed by atoms with E-state index >= 15 is 0 Å². The molecule has 5 rings (SSSR count). The largest absolute Gasteiger partial charge is 0.481 e.